The molecule has 128 valence electrons. The van der Waals surface area contributed by atoms with Crippen molar-refractivity contribution in [1.29, 1.82) is 0 Å². The number of rotatable bonds is 7. The molecule has 3 heteroatoms. The number of nitrogens with one attached hydrogen (secondary N) is 1. The highest BCUT2D eigenvalue weighted by Crippen LogP contribution is 2.22. The summed E-state index contributed by atoms with van der Waals surface area (Å²) >= 11 is 6.01. The van der Waals surface area contributed by atoms with Crippen molar-refractivity contribution >= 4 is 11.6 Å². The van der Waals surface area contributed by atoms with Crippen LogP contribution >= 0.6 is 11.6 Å². The molecule has 25 heavy (non-hydrogen) atoms. The first kappa shape index (κ1) is 17.5. The van der Waals surface area contributed by atoms with Gasteiger partial charge in [0, 0.05) is 11.6 Å². The average molecular weight is 352 g/mol. The second-order valence-electron chi connectivity index (χ2n) is 6.12. The Balaban J connectivity index is 1.50. The lowest BCUT2D eigenvalue weighted by molar-refractivity contribution is 0.481. The van der Waals surface area contributed by atoms with Crippen LogP contribution in [-0.4, -0.2) is 6.54 Å². The van der Waals surface area contributed by atoms with Gasteiger partial charge in [0.15, 0.2) is 0 Å². The maximum atomic E-state index is 6.01. The molecule has 1 N–H and O–H groups in total. The van der Waals surface area contributed by atoms with Crippen molar-refractivity contribution in [2.24, 2.45) is 0 Å². The van der Waals surface area contributed by atoms with E-state index in [2.05, 4.69) is 42.6 Å². The van der Waals surface area contributed by atoms with Crippen LogP contribution in [0.2, 0.25) is 5.02 Å². The zero-order valence-electron chi connectivity index (χ0n) is 14.3. The summed E-state index contributed by atoms with van der Waals surface area (Å²) in [5, 5.41) is 4.26. The van der Waals surface area contributed by atoms with E-state index < -0.39 is 0 Å². The lowest BCUT2D eigenvalue weighted by Gasteiger charge is -2.09. The van der Waals surface area contributed by atoms with Gasteiger partial charge in [0.05, 0.1) is 0 Å². The van der Waals surface area contributed by atoms with E-state index in [0.717, 1.165) is 36.0 Å². The van der Waals surface area contributed by atoms with Gasteiger partial charge in [-0.2, -0.15) is 0 Å². The third-order valence-electron chi connectivity index (χ3n) is 3.96. The fourth-order valence-electron chi connectivity index (χ4n) is 2.62. The second-order valence-corrected chi connectivity index (χ2v) is 6.56. The van der Waals surface area contributed by atoms with Crippen molar-refractivity contribution in [1.82, 2.24) is 5.32 Å². The Labute approximate surface area is 154 Å². The van der Waals surface area contributed by atoms with E-state index in [1.165, 1.54) is 16.7 Å². The third-order valence-corrected chi connectivity index (χ3v) is 4.20. The van der Waals surface area contributed by atoms with Crippen molar-refractivity contribution in [2.75, 3.05) is 6.54 Å². The first-order chi connectivity index (χ1) is 12.2. The molecule has 0 bridgehead atoms. The fourth-order valence-corrected chi connectivity index (χ4v) is 2.83. The summed E-state index contributed by atoms with van der Waals surface area (Å²) in [5.41, 5.74) is 3.68. The topological polar surface area (TPSA) is 21.3 Å². The first-order valence-corrected chi connectivity index (χ1v) is 8.85. The van der Waals surface area contributed by atoms with E-state index in [1.54, 1.807) is 0 Å². The molecule has 3 aromatic rings. The summed E-state index contributed by atoms with van der Waals surface area (Å²) in [6.07, 6.45) is 0.958. The predicted molar refractivity (Wildman–Crippen MR) is 105 cm³/mol. The van der Waals surface area contributed by atoms with Gasteiger partial charge < -0.3 is 10.1 Å². The Morgan fingerprint density at radius 2 is 1.60 bits per heavy atom. The zero-order valence-corrected chi connectivity index (χ0v) is 15.1. The van der Waals surface area contributed by atoms with Gasteiger partial charge in [-0.15, -0.1) is 0 Å². The molecule has 3 aromatic carbocycles. The van der Waals surface area contributed by atoms with Crippen LogP contribution in [0.25, 0.3) is 0 Å². The molecule has 0 saturated carbocycles. The molecular formula is C22H22ClNO. The fraction of sp³-hybridized carbons (Fsp3) is 0.182. The van der Waals surface area contributed by atoms with Crippen LogP contribution in [0.5, 0.6) is 11.5 Å². The van der Waals surface area contributed by atoms with E-state index >= 15 is 0 Å². The van der Waals surface area contributed by atoms with Crippen LogP contribution in [0.15, 0.2) is 72.8 Å². The highest BCUT2D eigenvalue weighted by Gasteiger charge is 2.00. The molecule has 0 saturated heterocycles. The lowest BCUT2D eigenvalue weighted by atomic mass is 10.1. The Bertz CT molecular complexity index is 814. The van der Waals surface area contributed by atoms with Gasteiger partial charge in [0.2, 0.25) is 0 Å². The highest BCUT2D eigenvalue weighted by atomic mass is 35.5. The standard InChI is InChI=1S/C22H22ClNO/c1-17-8-10-21(11-9-17)25-22-7-3-5-19(15-22)16-24-13-12-18-4-2-6-20(23)14-18/h2-11,14-15,24H,12-13,16H2,1H3. The number of halogens is 1. The lowest BCUT2D eigenvalue weighted by Crippen LogP contribution is -2.16. The summed E-state index contributed by atoms with van der Waals surface area (Å²) in [6.45, 7) is 3.79. The SMILES string of the molecule is Cc1ccc(Oc2cccc(CNCCc3cccc(Cl)c3)c2)cc1. The summed E-state index contributed by atoms with van der Waals surface area (Å²) in [6, 6.07) is 24.3. The van der Waals surface area contributed by atoms with E-state index in [4.69, 9.17) is 16.3 Å². The van der Waals surface area contributed by atoms with Crippen molar-refractivity contribution in [3.8, 4) is 11.5 Å². The van der Waals surface area contributed by atoms with Gasteiger partial charge in [-0.25, -0.2) is 0 Å². The van der Waals surface area contributed by atoms with E-state index in [9.17, 15) is 0 Å². The van der Waals surface area contributed by atoms with Crippen molar-refractivity contribution in [2.45, 2.75) is 19.9 Å². The summed E-state index contributed by atoms with van der Waals surface area (Å²) < 4.78 is 5.92. The molecule has 0 atom stereocenters. The molecule has 0 fully saturated rings. The predicted octanol–water partition coefficient (Wildman–Crippen LogP) is 5.77. The number of benzene rings is 3. The third kappa shape index (κ3) is 5.63. The van der Waals surface area contributed by atoms with Gasteiger partial charge in [0.1, 0.15) is 11.5 Å². The van der Waals surface area contributed by atoms with Crippen molar-refractivity contribution in [3.05, 3.63) is 94.5 Å². The van der Waals surface area contributed by atoms with Crippen molar-refractivity contribution in [3.63, 3.8) is 0 Å². The van der Waals surface area contributed by atoms with E-state index in [0.29, 0.717) is 0 Å². The van der Waals surface area contributed by atoms with E-state index in [-0.39, 0.29) is 0 Å². The zero-order chi connectivity index (χ0) is 17.5. The summed E-state index contributed by atoms with van der Waals surface area (Å²) in [5.74, 6) is 1.72. The molecule has 0 aliphatic heterocycles. The van der Waals surface area contributed by atoms with Crippen LogP contribution in [0, 0.1) is 6.92 Å². The molecule has 0 radical (unpaired) electrons. The molecule has 0 heterocycles. The molecule has 3 rings (SSSR count). The minimum Gasteiger partial charge on any atom is -0.457 e. The molecule has 0 aliphatic rings. The van der Waals surface area contributed by atoms with Gasteiger partial charge in [-0.1, -0.05) is 53.6 Å². The van der Waals surface area contributed by atoms with E-state index in [1.807, 2.05) is 42.5 Å². The van der Waals surface area contributed by atoms with Gasteiger partial charge in [-0.3, -0.25) is 0 Å². The molecule has 0 aromatic heterocycles. The first-order valence-electron chi connectivity index (χ1n) is 8.48. The molecule has 0 aliphatic carbocycles. The molecule has 0 unspecified atom stereocenters. The monoisotopic (exact) mass is 351 g/mol. The minimum atomic E-state index is 0.790. The van der Waals surface area contributed by atoms with Crippen LogP contribution in [0.4, 0.5) is 0 Å². The molecular weight excluding hydrogens is 330 g/mol. The van der Waals surface area contributed by atoms with Gasteiger partial charge in [-0.05, 0) is 67.4 Å². The van der Waals surface area contributed by atoms with Gasteiger partial charge >= 0.3 is 0 Å². The Kier molecular flexibility index (Phi) is 6.10. The second kappa shape index (κ2) is 8.70. The number of hydrogen-bond acceptors (Lipinski definition) is 2. The van der Waals surface area contributed by atoms with Gasteiger partial charge in [0.25, 0.3) is 0 Å². The Morgan fingerprint density at radius 3 is 2.40 bits per heavy atom. The van der Waals surface area contributed by atoms with Crippen LogP contribution in [0.1, 0.15) is 16.7 Å². The summed E-state index contributed by atoms with van der Waals surface area (Å²) in [4.78, 5) is 0. The Morgan fingerprint density at radius 1 is 0.840 bits per heavy atom. The maximum absolute atomic E-state index is 6.01. The normalized spacial score (nSPS) is 10.6. The molecule has 0 spiro atoms. The summed E-state index contributed by atoms with van der Waals surface area (Å²) in [7, 11) is 0. The molecule has 0 amide bonds. The smallest absolute Gasteiger partial charge is 0.127 e. The number of ether oxygens (including phenoxy) is 1. The maximum Gasteiger partial charge on any atom is 0.127 e. The van der Waals surface area contributed by atoms with Crippen LogP contribution in [-0.2, 0) is 13.0 Å². The minimum absolute atomic E-state index is 0.790. The molecule has 2 nitrogen and oxygen atoms in total. The quantitative estimate of drug-likeness (QED) is 0.545. The number of aryl methyl sites for hydroxylation is 1. The van der Waals surface area contributed by atoms with Crippen molar-refractivity contribution < 1.29 is 4.74 Å². The van der Waals surface area contributed by atoms with Crippen LogP contribution < -0.4 is 10.1 Å². The van der Waals surface area contributed by atoms with Crippen LogP contribution in [0.3, 0.4) is 0 Å². The average Bonchev–Trinajstić information content (AvgIpc) is 2.61. The highest BCUT2D eigenvalue weighted by molar-refractivity contribution is 6.30. The Hall–Kier alpha value is -2.29. The largest absolute Gasteiger partial charge is 0.457 e. The number of hydrogen-bond donors (Lipinski definition) is 1.